The fourth-order valence-electron chi connectivity index (χ4n) is 3.46. The molecule has 3 rings (SSSR count). The maximum absolute atomic E-state index is 11.6. The van der Waals surface area contributed by atoms with Gasteiger partial charge in [-0.2, -0.15) is 0 Å². The maximum Gasteiger partial charge on any atom is 0.302 e. The van der Waals surface area contributed by atoms with Crippen LogP contribution in [0.2, 0.25) is 0 Å². The van der Waals surface area contributed by atoms with Gasteiger partial charge in [-0.05, 0) is 43.1 Å². The van der Waals surface area contributed by atoms with Gasteiger partial charge in [0.1, 0.15) is 0 Å². The first-order valence-corrected chi connectivity index (χ1v) is 11.1. The Kier molecular flexibility index (Phi) is 7.32. The van der Waals surface area contributed by atoms with Gasteiger partial charge in [0.05, 0.1) is 17.7 Å². The number of hydrogen-bond donors (Lipinski definition) is 3. The first-order valence-electron chi connectivity index (χ1n) is 9.88. The largest absolute Gasteiger partial charge is 0.329 e. The molecule has 4 N–H and O–H groups in total. The molecule has 2 aromatic carbocycles. The molecule has 0 bridgehead atoms. The van der Waals surface area contributed by atoms with Crippen molar-refractivity contribution in [2.24, 2.45) is 10.7 Å². The molecule has 0 radical (unpaired) electrons. The molecule has 0 amide bonds. The van der Waals surface area contributed by atoms with E-state index in [0.717, 1.165) is 28.1 Å². The van der Waals surface area contributed by atoms with E-state index in [1.165, 1.54) is 6.20 Å². The highest BCUT2D eigenvalue weighted by Crippen LogP contribution is 2.22. The summed E-state index contributed by atoms with van der Waals surface area (Å²) in [5, 5.41) is 17.6. The predicted octanol–water partition coefficient (Wildman–Crippen LogP) is 2.53. The van der Waals surface area contributed by atoms with Crippen molar-refractivity contribution in [1.82, 2.24) is 15.5 Å². The van der Waals surface area contributed by atoms with Gasteiger partial charge in [-0.1, -0.05) is 42.5 Å². The van der Waals surface area contributed by atoms with Gasteiger partial charge >= 0.3 is 5.70 Å². The van der Waals surface area contributed by atoms with E-state index in [0.29, 0.717) is 12.5 Å². The number of thioether (sulfide) groups is 1. The second kappa shape index (κ2) is 9.95. The summed E-state index contributed by atoms with van der Waals surface area (Å²) in [4.78, 5) is 19.0. The Bertz CT molecular complexity index is 990. The zero-order chi connectivity index (χ0) is 22.4. The highest BCUT2D eigenvalue weighted by Gasteiger charge is 2.42. The van der Waals surface area contributed by atoms with Gasteiger partial charge in [0, 0.05) is 17.9 Å². The molecule has 0 aromatic heterocycles. The molecular formula is C22H28N6O2S. The molecule has 9 heteroatoms. The van der Waals surface area contributed by atoms with Gasteiger partial charge in [0.2, 0.25) is 0 Å². The topological polar surface area (TPSA) is 109 Å². The molecule has 1 aliphatic heterocycles. The van der Waals surface area contributed by atoms with Crippen LogP contribution in [0.1, 0.15) is 16.7 Å². The minimum Gasteiger partial charge on any atom is -0.329 e. The quantitative estimate of drug-likeness (QED) is 0.329. The standard InChI is InChI=1S/C22H28N6O2S/c1-27(2)15-17-10-8-16(9-11-17)12-22(23)20(28(29)30)14-25-21(26-22)24-13-18-6-4-5-7-19(18)31-3/h4-11,14H,12-13,15,23H2,1-3H3,(H2,24,25,26). The minimum atomic E-state index is -1.38. The Morgan fingerprint density at radius 3 is 2.48 bits per heavy atom. The van der Waals surface area contributed by atoms with E-state index in [4.69, 9.17) is 5.73 Å². The second-order valence-electron chi connectivity index (χ2n) is 7.74. The SMILES string of the molecule is CSc1ccccc1CN=C1NC=C([N+](=O)[O-])C(N)(Cc2ccc(CN(C)C)cc2)N1. The van der Waals surface area contributed by atoms with Gasteiger partial charge in [-0.25, -0.2) is 4.99 Å². The lowest BCUT2D eigenvalue weighted by atomic mass is 9.95. The molecule has 2 aromatic rings. The van der Waals surface area contributed by atoms with Crippen molar-refractivity contribution in [3.05, 3.63) is 87.2 Å². The number of benzene rings is 2. The summed E-state index contributed by atoms with van der Waals surface area (Å²) in [6.45, 7) is 1.26. The Balaban J connectivity index is 1.80. The molecular weight excluding hydrogens is 412 g/mol. The molecule has 1 aliphatic rings. The molecule has 0 saturated heterocycles. The molecule has 0 spiro atoms. The summed E-state index contributed by atoms with van der Waals surface area (Å²) >= 11 is 1.65. The fourth-order valence-corrected chi connectivity index (χ4v) is 4.07. The molecule has 31 heavy (non-hydrogen) atoms. The van der Waals surface area contributed by atoms with Crippen molar-refractivity contribution >= 4 is 17.7 Å². The molecule has 0 fully saturated rings. The van der Waals surface area contributed by atoms with Gasteiger partial charge < -0.3 is 15.5 Å². The van der Waals surface area contributed by atoms with E-state index < -0.39 is 10.6 Å². The Morgan fingerprint density at radius 2 is 1.84 bits per heavy atom. The summed E-state index contributed by atoms with van der Waals surface area (Å²) in [6.07, 6.45) is 3.60. The van der Waals surface area contributed by atoms with E-state index in [2.05, 4.69) is 20.5 Å². The lowest BCUT2D eigenvalue weighted by Gasteiger charge is -2.32. The van der Waals surface area contributed by atoms with Crippen molar-refractivity contribution in [2.45, 2.75) is 30.1 Å². The van der Waals surface area contributed by atoms with Crippen LogP contribution in [-0.4, -0.2) is 41.8 Å². The van der Waals surface area contributed by atoms with Crippen LogP contribution in [0.5, 0.6) is 0 Å². The summed E-state index contributed by atoms with van der Waals surface area (Å²) in [6, 6.07) is 16.0. The average molecular weight is 441 g/mol. The third kappa shape index (κ3) is 5.84. The highest BCUT2D eigenvalue weighted by molar-refractivity contribution is 7.98. The summed E-state index contributed by atoms with van der Waals surface area (Å²) < 4.78 is 0. The van der Waals surface area contributed by atoms with E-state index in [9.17, 15) is 10.1 Å². The molecule has 1 unspecified atom stereocenters. The van der Waals surface area contributed by atoms with Crippen molar-refractivity contribution in [3.63, 3.8) is 0 Å². The lowest BCUT2D eigenvalue weighted by molar-refractivity contribution is -0.436. The van der Waals surface area contributed by atoms with Crippen LogP contribution < -0.4 is 16.4 Å². The number of hydrogen-bond acceptors (Lipinski definition) is 6. The molecule has 8 nitrogen and oxygen atoms in total. The summed E-state index contributed by atoms with van der Waals surface area (Å²) in [5.74, 6) is 0.410. The van der Waals surface area contributed by atoms with E-state index in [-0.39, 0.29) is 12.1 Å². The zero-order valence-corrected chi connectivity index (χ0v) is 18.8. The lowest BCUT2D eigenvalue weighted by Crippen LogP contribution is -2.65. The van der Waals surface area contributed by atoms with Crippen LogP contribution in [0.15, 0.2) is 70.3 Å². The fraction of sp³-hybridized carbons (Fsp3) is 0.318. The van der Waals surface area contributed by atoms with Crippen LogP contribution >= 0.6 is 11.8 Å². The third-order valence-corrected chi connectivity index (χ3v) is 5.78. The summed E-state index contributed by atoms with van der Waals surface area (Å²) in [7, 11) is 4.02. The van der Waals surface area contributed by atoms with Crippen LogP contribution in [0.4, 0.5) is 0 Å². The minimum absolute atomic E-state index is 0.131. The molecule has 1 heterocycles. The smallest absolute Gasteiger partial charge is 0.302 e. The zero-order valence-electron chi connectivity index (χ0n) is 18.0. The van der Waals surface area contributed by atoms with Crippen molar-refractivity contribution < 1.29 is 4.92 Å². The number of nitrogens with one attached hydrogen (secondary N) is 2. The van der Waals surface area contributed by atoms with Crippen molar-refractivity contribution in [3.8, 4) is 0 Å². The van der Waals surface area contributed by atoms with E-state index in [1.54, 1.807) is 11.8 Å². The first-order chi connectivity index (χ1) is 14.8. The molecule has 0 saturated carbocycles. The van der Waals surface area contributed by atoms with Crippen LogP contribution in [-0.2, 0) is 19.5 Å². The number of rotatable bonds is 8. The predicted molar refractivity (Wildman–Crippen MR) is 125 cm³/mol. The van der Waals surface area contributed by atoms with Gasteiger partial charge in [-0.15, -0.1) is 11.8 Å². The van der Waals surface area contributed by atoms with Gasteiger partial charge in [0.15, 0.2) is 11.6 Å². The Morgan fingerprint density at radius 1 is 1.16 bits per heavy atom. The van der Waals surface area contributed by atoms with E-state index >= 15 is 0 Å². The van der Waals surface area contributed by atoms with Crippen LogP contribution in [0.3, 0.4) is 0 Å². The summed E-state index contributed by atoms with van der Waals surface area (Å²) in [5.41, 5.74) is 8.15. The Labute approximate surface area is 186 Å². The van der Waals surface area contributed by atoms with Crippen molar-refractivity contribution in [1.29, 1.82) is 0 Å². The van der Waals surface area contributed by atoms with Crippen molar-refractivity contribution in [2.75, 3.05) is 20.4 Å². The van der Waals surface area contributed by atoms with E-state index in [1.807, 2.05) is 68.9 Å². The number of guanidine groups is 1. The Hall–Kier alpha value is -2.88. The average Bonchev–Trinajstić information content (AvgIpc) is 2.73. The normalized spacial score (nSPS) is 19.6. The number of nitrogens with two attached hydrogens (primary N) is 1. The first kappa shape index (κ1) is 22.8. The van der Waals surface area contributed by atoms with Gasteiger partial charge in [0.25, 0.3) is 0 Å². The maximum atomic E-state index is 11.6. The number of aliphatic imine (C=N–C) groups is 1. The number of nitrogens with zero attached hydrogens (tertiary/aromatic N) is 3. The molecule has 1 atom stereocenters. The second-order valence-corrected chi connectivity index (χ2v) is 8.58. The number of nitro groups is 1. The monoisotopic (exact) mass is 440 g/mol. The molecule has 0 aliphatic carbocycles. The van der Waals surface area contributed by atoms with Gasteiger partial charge in [-0.3, -0.25) is 15.8 Å². The van der Waals surface area contributed by atoms with Crippen LogP contribution in [0, 0.1) is 10.1 Å². The van der Waals surface area contributed by atoms with Crippen LogP contribution in [0.25, 0.3) is 0 Å². The highest BCUT2D eigenvalue weighted by atomic mass is 32.2. The third-order valence-electron chi connectivity index (χ3n) is 4.95. The molecule has 164 valence electrons.